The number of nitrogens with zero attached hydrogens (tertiary/aromatic N) is 3. The van der Waals surface area contributed by atoms with Crippen LogP contribution in [0.3, 0.4) is 0 Å². The first-order valence-electron chi connectivity index (χ1n) is 14.2. The van der Waals surface area contributed by atoms with E-state index in [0.717, 1.165) is 66.5 Å². The highest BCUT2D eigenvalue weighted by molar-refractivity contribution is 7.99. The number of anilines is 3. The lowest BCUT2D eigenvalue weighted by molar-refractivity contribution is 0.419. The minimum Gasteiger partial charge on any atom is -0.455 e. The Balaban J connectivity index is 1.23. The van der Waals surface area contributed by atoms with Crippen LogP contribution in [0.15, 0.2) is 138 Å². The van der Waals surface area contributed by atoms with Crippen molar-refractivity contribution in [1.82, 2.24) is 9.97 Å². The van der Waals surface area contributed by atoms with Gasteiger partial charge in [-0.1, -0.05) is 92.3 Å². The Kier molecular flexibility index (Phi) is 5.98. The standard InChI is InChI=1S/C37H27N3O2S/c1-37(2)28-10-3-4-13-31(28)42-35-29(37)11-8-12-30(35)40(26-21-38-23-39-22-26)25-19-17-24(18-20-25)27-9-7-15-33-36(27)43-34-16-6-5-14-32(34)41-33/h3-23H,1-2H3. The van der Waals surface area contributed by atoms with Crippen LogP contribution in [0, 0.1) is 0 Å². The average molecular weight is 578 g/mol. The van der Waals surface area contributed by atoms with Crippen molar-refractivity contribution in [3.63, 3.8) is 0 Å². The zero-order chi connectivity index (χ0) is 29.0. The van der Waals surface area contributed by atoms with Crippen LogP contribution < -0.4 is 14.4 Å². The van der Waals surface area contributed by atoms with Crippen molar-refractivity contribution in [2.75, 3.05) is 4.90 Å². The highest BCUT2D eigenvalue weighted by Crippen LogP contribution is 2.54. The largest absolute Gasteiger partial charge is 0.455 e. The van der Waals surface area contributed by atoms with Gasteiger partial charge in [-0.25, -0.2) is 9.97 Å². The van der Waals surface area contributed by atoms with Crippen molar-refractivity contribution in [1.29, 1.82) is 0 Å². The van der Waals surface area contributed by atoms with Gasteiger partial charge in [-0.3, -0.25) is 0 Å². The van der Waals surface area contributed by atoms with E-state index >= 15 is 0 Å². The summed E-state index contributed by atoms with van der Waals surface area (Å²) < 4.78 is 12.9. The number of ether oxygens (including phenoxy) is 2. The number of hydrogen-bond acceptors (Lipinski definition) is 6. The molecular formula is C37H27N3O2S. The normalized spacial score (nSPS) is 13.8. The molecular weight excluding hydrogens is 550 g/mol. The Morgan fingerprint density at radius 2 is 1.33 bits per heavy atom. The maximum atomic E-state index is 6.65. The van der Waals surface area contributed by atoms with E-state index in [1.54, 1.807) is 18.1 Å². The van der Waals surface area contributed by atoms with Crippen LogP contribution >= 0.6 is 11.8 Å². The van der Waals surface area contributed by atoms with Crippen molar-refractivity contribution in [3.05, 3.63) is 139 Å². The summed E-state index contributed by atoms with van der Waals surface area (Å²) in [6.45, 7) is 4.50. The first kappa shape index (κ1) is 25.6. The summed E-state index contributed by atoms with van der Waals surface area (Å²) in [4.78, 5) is 13.1. The average Bonchev–Trinajstić information content (AvgIpc) is 3.05. The van der Waals surface area contributed by atoms with Crippen LogP contribution in [0.1, 0.15) is 25.0 Å². The maximum Gasteiger partial charge on any atom is 0.155 e. The van der Waals surface area contributed by atoms with Crippen LogP contribution in [0.5, 0.6) is 23.0 Å². The van der Waals surface area contributed by atoms with E-state index in [2.05, 4.69) is 102 Å². The molecule has 0 saturated carbocycles. The Morgan fingerprint density at radius 3 is 2.16 bits per heavy atom. The number of benzene rings is 5. The summed E-state index contributed by atoms with van der Waals surface area (Å²) >= 11 is 1.75. The van der Waals surface area contributed by atoms with E-state index in [0.29, 0.717) is 0 Å². The third-order valence-corrected chi connectivity index (χ3v) is 9.36. The highest BCUT2D eigenvalue weighted by Gasteiger charge is 2.36. The molecule has 0 aliphatic carbocycles. The van der Waals surface area contributed by atoms with Crippen LogP contribution in [0.4, 0.5) is 17.1 Å². The fraction of sp³-hybridized carbons (Fsp3) is 0.0811. The van der Waals surface area contributed by atoms with Gasteiger partial charge in [0.05, 0.1) is 33.6 Å². The number of aromatic nitrogens is 2. The van der Waals surface area contributed by atoms with E-state index in [1.165, 1.54) is 5.56 Å². The Labute approximate surface area is 254 Å². The molecule has 0 bridgehead atoms. The second-order valence-corrected chi connectivity index (χ2v) is 12.2. The summed E-state index contributed by atoms with van der Waals surface area (Å²) in [5.74, 6) is 3.49. The lowest BCUT2D eigenvalue weighted by Gasteiger charge is -2.37. The molecule has 1 aromatic heterocycles. The van der Waals surface area contributed by atoms with Crippen molar-refractivity contribution in [2.45, 2.75) is 29.1 Å². The molecule has 43 heavy (non-hydrogen) atoms. The van der Waals surface area contributed by atoms with E-state index in [4.69, 9.17) is 9.47 Å². The number of hydrogen-bond donors (Lipinski definition) is 0. The van der Waals surface area contributed by atoms with Crippen molar-refractivity contribution in [3.8, 4) is 34.1 Å². The summed E-state index contributed by atoms with van der Waals surface area (Å²) in [5, 5.41) is 0. The zero-order valence-corrected chi connectivity index (χ0v) is 24.5. The van der Waals surface area contributed by atoms with E-state index in [-0.39, 0.29) is 5.41 Å². The van der Waals surface area contributed by atoms with Gasteiger partial charge in [0.25, 0.3) is 0 Å². The predicted molar refractivity (Wildman–Crippen MR) is 171 cm³/mol. The molecule has 2 aliphatic rings. The Bertz CT molecular complexity index is 1990. The SMILES string of the molecule is CC1(C)c2ccccc2Oc2c(N(c3ccc(-c4cccc5c4Sc4ccccc4O5)cc3)c3cncnc3)cccc21. The minimum absolute atomic E-state index is 0.229. The second-order valence-electron chi connectivity index (χ2n) is 11.1. The molecule has 0 N–H and O–H groups in total. The van der Waals surface area contributed by atoms with Gasteiger partial charge in [0, 0.05) is 22.2 Å². The lowest BCUT2D eigenvalue weighted by Crippen LogP contribution is -2.25. The lowest BCUT2D eigenvalue weighted by atomic mass is 9.75. The third kappa shape index (κ3) is 4.25. The fourth-order valence-electron chi connectivity index (χ4n) is 6.03. The topological polar surface area (TPSA) is 47.5 Å². The molecule has 5 aromatic carbocycles. The summed E-state index contributed by atoms with van der Waals surface area (Å²) in [6, 6.07) is 37.7. The smallest absolute Gasteiger partial charge is 0.155 e. The molecule has 0 spiro atoms. The van der Waals surface area contributed by atoms with Gasteiger partial charge < -0.3 is 14.4 Å². The Hall–Kier alpha value is -5.07. The summed E-state index contributed by atoms with van der Waals surface area (Å²) in [6.07, 6.45) is 5.22. The minimum atomic E-state index is -0.229. The van der Waals surface area contributed by atoms with E-state index in [9.17, 15) is 0 Å². The fourth-order valence-corrected chi connectivity index (χ4v) is 7.11. The molecule has 0 unspecified atom stereocenters. The van der Waals surface area contributed by atoms with Crippen molar-refractivity contribution in [2.24, 2.45) is 0 Å². The van der Waals surface area contributed by atoms with Gasteiger partial charge in [-0.2, -0.15) is 0 Å². The van der Waals surface area contributed by atoms with Crippen LogP contribution in [-0.4, -0.2) is 9.97 Å². The molecule has 208 valence electrons. The van der Waals surface area contributed by atoms with Gasteiger partial charge in [0.15, 0.2) is 5.75 Å². The molecule has 0 saturated heterocycles. The quantitative estimate of drug-likeness (QED) is 0.207. The molecule has 8 rings (SSSR count). The molecule has 3 heterocycles. The highest BCUT2D eigenvalue weighted by atomic mass is 32.2. The summed E-state index contributed by atoms with van der Waals surface area (Å²) in [7, 11) is 0. The summed E-state index contributed by atoms with van der Waals surface area (Å²) in [5.41, 5.74) is 7.09. The predicted octanol–water partition coefficient (Wildman–Crippen LogP) is 10.3. The van der Waals surface area contributed by atoms with Crippen molar-refractivity contribution < 1.29 is 9.47 Å². The van der Waals surface area contributed by atoms with Crippen LogP contribution in [-0.2, 0) is 5.41 Å². The Morgan fingerprint density at radius 1 is 0.628 bits per heavy atom. The monoisotopic (exact) mass is 577 g/mol. The molecule has 5 nitrogen and oxygen atoms in total. The second kappa shape index (κ2) is 10.0. The number of fused-ring (bicyclic) bond motifs is 4. The third-order valence-electron chi connectivity index (χ3n) is 8.18. The van der Waals surface area contributed by atoms with Gasteiger partial charge >= 0.3 is 0 Å². The van der Waals surface area contributed by atoms with E-state index < -0.39 is 0 Å². The molecule has 2 aliphatic heterocycles. The molecule has 0 radical (unpaired) electrons. The first-order valence-corrected chi connectivity index (χ1v) is 15.0. The molecule has 0 amide bonds. The van der Waals surface area contributed by atoms with Crippen molar-refractivity contribution >= 4 is 28.8 Å². The van der Waals surface area contributed by atoms with E-state index in [1.807, 2.05) is 48.8 Å². The number of para-hydroxylation sites is 3. The molecule has 6 aromatic rings. The maximum absolute atomic E-state index is 6.65. The van der Waals surface area contributed by atoms with Crippen LogP contribution in [0.25, 0.3) is 11.1 Å². The molecule has 0 fully saturated rings. The van der Waals surface area contributed by atoms with Gasteiger partial charge in [-0.15, -0.1) is 0 Å². The van der Waals surface area contributed by atoms with Gasteiger partial charge in [0.2, 0.25) is 0 Å². The van der Waals surface area contributed by atoms with Gasteiger partial charge in [-0.05, 0) is 53.6 Å². The zero-order valence-electron chi connectivity index (χ0n) is 23.7. The molecule has 6 heteroatoms. The number of rotatable bonds is 4. The van der Waals surface area contributed by atoms with Gasteiger partial charge in [0.1, 0.15) is 23.6 Å². The first-order chi connectivity index (χ1) is 21.1. The van der Waals surface area contributed by atoms with Crippen LogP contribution in [0.2, 0.25) is 0 Å². The molecule has 0 atom stereocenters.